The van der Waals surface area contributed by atoms with Crippen LogP contribution in [0.2, 0.25) is 0 Å². The molecule has 0 saturated carbocycles. The van der Waals surface area contributed by atoms with E-state index in [1.807, 2.05) is 14.1 Å². The quantitative estimate of drug-likeness (QED) is 0.686. The first kappa shape index (κ1) is 13.2. The van der Waals surface area contributed by atoms with Gasteiger partial charge in [-0.2, -0.15) is 0 Å². The smallest absolute Gasteiger partial charge is 0.316 e. The van der Waals surface area contributed by atoms with E-state index in [2.05, 4.69) is 0 Å². The van der Waals surface area contributed by atoms with E-state index in [0.29, 0.717) is 0 Å². The van der Waals surface area contributed by atoms with Gasteiger partial charge in [-0.15, -0.1) is 45.8 Å². The molecule has 0 spiro atoms. The highest BCUT2D eigenvalue weighted by Crippen LogP contribution is 2.04. The van der Waals surface area contributed by atoms with Gasteiger partial charge in [0, 0.05) is 13.1 Å². The molecule has 0 aliphatic heterocycles. The number of hydrogen-bond acceptors (Lipinski definition) is 2. The van der Waals surface area contributed by atoms with E-state index in [-0.39, 0.29) is 0 Å². The third-order valence-electron chi connectivity index (χ3n) is 1.47. The number of hydrogen-bond donors (Lipinski definition) is 0. The Bertz CT molecular complexity index is 112. The molecule has 8 heteroatoms. The van der Waals surface area contributed by atoms with E-state index in [1.54, 1.807) is 9.62 Å². The van der Waals surface area contributed by atoms with Gasteiger partial charge in [-0.3, -0.25) is 0 Å². The molecule has 0 rings (SSSR count). The first-order valence-electron chi connectivity index (χ1n) is 3.42. The molecule has 0 aromatic heterocycles. The lowest BCUT2D eigenvalue weighted by Gasteiger charge is -2.20. The standard InChI is InChI=1S/C4H10B2Cl4N2/c1-11(5(7)8)3-4-12(2)6(9)10/h3-4H2,1-2H3. The van der Waals surface area contributed by atoms with Gasteiger partial charge in [0.15, 0.2) is 0 Å². The minimum atomic E-state index is -0.484. The zero-order valence-electron chi connectivity index (χ0n) is 6.98. The molecule has 0 unspecified atom stereocenters. The van der Waals surface area contributed by atoms with Crippen molar-refractivity contribution >= 4 is 57.2 Å². The predicted molar refractivity (Wildman–Crippen MR) is 60.2 cm³/mol. The fraction of sp³-hybridized carbons (Fsp3) is 1.00. The van der Waals surface area contributed by atoms with Gasteiger partial charge < -0.3 is 9.62 Å². The predicted octanol–water partition coefficient (Wildman–Crippen LogP) is 1.77. The minimum absolute atomic E-state index is 0.484. The van der Waals surface area contributed by atoms with Gasteiger partial charge in [-0.05, 0) is 14.1 Å². The third kappa shape index (κ3) is 5.79. The molecule has 2 nitrogen and oxygen atoms in total. The van der Waals surface area contributed by atoms with Gasteiger partial charge in [0.2, 0.25) is 0 Å². The number of likely N-dealkylation sites (N-methyl/N-ethyl adjacent to an activating group) is 2. The summed E-state index contributed by atoms with van der Waals surface area (Å²) in [5, 5.41) is 0. The first-order chi connectivity index (χ1) is 5.45. The van der Waals surface area contributed by atoms with E-state index in [9.17, 15) is 0 Å². The van der Waals surface area contributed by atoms with Crippen molar-refractivity contribution in [3.05, 3.63) is 0 Å². The molecule has 0 radical (unpaired) electrons. The second kappa shape index (κ2) is 6.63. The molecule has 0 bridgehead atoms. The highest BCUT2D eigenvalue weighted by atomic mass is 35.5. The summed E-state index contributed by atoms with van der Waals surface area (Å²) in [4.78, 5) is 3.57. The van der Waals surface area contributed by atoms with Gasteiger partial charge in [0.25, 0.3) is 0 Å². The van der Waals surface area contributed by atoms with Gasteiger partial charge in [-0.25, -0.2) is 0 Å². The lowest BCUT2D eigenvalue weighted by Crippen LogP contribution is -2.38. The molecule has 0 heterocycles. The first-order valence-corrected chi connectivity index (χ1v) is 5.16. The minimum Gasteiger partial charge on any atom is -0.316 e. The maximum atomic E-state index is 5.60. The molecule has 70 valence electrons. The third-order valence-corrected chi connectivity index (χ3v) is 2.80. The van der Waals surface area contributed by atoms with Gasteiger partial charge in [-0.1, -0.05) is 0 Å². The molecular weight excluding hydrogens is 239 g/mol. The van der Waals surface area contributed by atoms with Gasteiger partial charge >= 0.3 is 11.4 Å². The summed E-state index contributed by atoms with van der Waals surface area (Å²) in [6.45, 7) is 1.45. The highest BCUT2D eigenvalue weighted by molar-refractivity contribution is 7.32. The van der Waals surface area contributed by atoms with E-state index in [0.717, 1.165) is 13.1 Å². The van der Waals surface area contributed by atoms with E-state index in [4.69, 9.17) is 45.8 Å². The Balaban J connectivity index is 3.54. The van der Waals surface area contributed by atoms with Crippen LogP contribution in [0.25, 0.3) is 0 Å². The second-order valence-corrected chi connectivity index (χ2v) is 4.62. The summed E-state index contributed by atoms with van der Waals surface area (Å²) in [6.07, 6.45) is 0. The SMILES string of the molecule is CN(CCN(C)B(Cl)Cl)B(Cl)Cl. The summed E-state index contributed by atoms with van der Waals surface area (Å²) in [6, 6.07) is 0. The summed E-state index contributed by atoms with van der Waals surface area (Å²) in [5.41, 5.74) is -0.968. The van der Waals surface area contributed by atoms with Crippen LogP contribution in [0.4, 0.5) is 0 Å². The fourth-order valence-electron chi connectivity index (χ4n) is 0.511. The maximum absolute atomic E-state index is 5.60. The summed E-state index contributed by atoms with van der Waals surface area (Å²) < 4.78 is 0. The lowest BCUT2D eigenvalue weighted by atomic mass is 10.2. The Morgan fingerprint density at radius 2 is 1.08 bits per heavy atom. The van der Waals surface area contributed by atoms with Crippen LogP contribution in [0.5, 0.6) is 0 Å². The van der Waals surface area contributed by atoms with Crippen LogP contribution in [0.15, 0.2) is 0 Å². The molecular formula is C4H10B2Cl4N2. The van der Waals surface area contributed by atoms with Crippen molar-refractivity contribution in [1.29, 1.82) is 0 Å². The van der Waals surface area contributed by atoms with Crippen molar-refractivity contribution in [3.63, 3.8) is 0 Å². The van der Waals surface area contributed by atoms with Crippen molar-refractivity contribution in [2.45, 2.75) is 0 Å². The fourth-order valence-corrected chi connectivity index (χ4v) is 0.901. The van der Waals surface area contributed by atoms with Crippen LogP contribution in [0.1, 0.15) is 0 Å². The van der Waals surface area contributed by atoms with Crippen molar-refractivity contribution in [3.8, 4) is 0 Å². The molecule has 0 amide bonds. The summed E-state index contributed by atoms with van der Waals surface area (Å²) in [5.74, 6) is 0. The zero-order valence-corrected chi connectivity index (χ0v) is 10.00. The summed E-state index contributed by atoms with van der Waals surface area (Å²) >= 11 is 22.4. The Hall–Kier alpha value is 1.21. The average Bonchev–Trinajstić information content (AvgIpc) is 1.98. The van der Waals surface area contributed by atoms with Crippen LogP contribution in [-0.4, -0.2) is 48.2 Å². The molecule has 0 N–H and O–H groups in total. The van der Waals surface area contributed by atoms with Crippen molar-refractivity contribution in [2.75, 3.05) is 27.2 Å². The van der Waals surface area contributed by atoms with E-state index in [1.165, 1.54) is 0 Å². The monoisotopic (exact) mass is 248 g/mol. The molecule has 0 aliphatic carbocycles. The Kier molecular flexibility index (Phi) is 7.30. The molecule has 0 aromatic rings. The average molecular weight is 250 g/mol. The lowest BCUT2D eigenvalue weighted by molar-refractivity contribution is 0.442. The van der Waals surface area contributed by atoms with Crippen molar-refractivity contribution in [1.82, 2.24) is 9.62 Å². The van der Waals surface area contributed by atoms with Crippen LogP contribution in [0, 0.1) is 0 Å². The second-order valence-electron chi connectivity index (χ2n) is 2.52. The Morgan fingerprint density at radius 3 is 1.25 bits per heavy atom. The van der Waals surface area contributed by atoms with Crippen LogP contribution in [-0.2, 0) is 0 Å². The van der Waals surface area contributed by atoms with Gasteiger partial charge in [0.05, 0.1) is 0 Å². The van der Waals surface area contributed by atoms with Gasteiger partial charge in [0.1, 0.15) is 0 Å². The van der Waals surface area contributed by atoms with Crippen molar-refractivity contribution in [2.24, 2.45) is 0 Å². The molecule has 0 saturated heterocycles. The Morgan fingerprint density at radius 1 is 0.833 bits per heavy atom. The molecule has 0 fully saturated rings. The zero-order chi connectivity index (χ0) is 9.72. The molecule has 0 atom stereocenters. The summed E-state index contributed by atoms with van der Waals surface area (Å²) in [7, 11) is 3.66. The highest BCUT2D eigenvalue weighted by Gasteiger charge is 2.17. The normalized spacial score (nSPS) is 11.0. The molecule has 0 aromatic carbocycles. The number of halogens is 4. The van der Waals surface area contributed by atoms with E-state index < -0.39 is 11.4 Å². The van der Waals surface area contributed by atoms with Crippen LogP contribution >= 0.6 is 45.8 Å². The maximum Gasteiger partial charge on any atom is 0.434 e. The molecule has 12 heavy (non-hydrogen) atoms. The van der Waals surface area contributed by atoms with E-state index >= 15 is 0 Å². The topological polar surface area (TPSA) is 6.48 Å². The number of rotatable bonds is 5. The number of nitrogens with zero attached hydrogens (tertiary/aromatic N) is 2. The van der Waals surface area contributed by atoms with Crippen LogP contribution in [0.3, 0.4) is 0 Å². The van der Waals surface area contributed by atoms with Crippen LogP contribution < -0.4 is 0 Å². The molecule has 0 aliphatic rings. The Labute approximate surface area is 93.9 Å². The van der Waals surface area contributed by atoms with Crippen molar-refractivity contribution < 1.29 is 0 Å². The largest absolute Gasteiger partial charge is 0.434 e.